The summed E-state index contributed by atoms with van der Waals surface area (Å²) < 4.78 is 5.10. The van der Waals surface area contributed by atoms with E-state index in [1.807, 2.05) is 36.4 Å². The molecule has 0 atom stereocenters. The van der Waals surface area contributed by atoms with Gasteiger partial charge in [0.25, 0.3) is 5.91 Å². The fourth-order valence-corrected chi connectivity index (χ4v) is 3.83. The van der Waals surface area contributed by atoms with Gasteiger partial charge in [-0.25, -0.2) is 9.78 Å². The molecule has 34 heavy (non-hydrogen) atoms. The van der Waals surface area contributed by atoms with Crippen LogP contribution in [0.3, 0.4) is 0 Å². The average molecular weight is 472 g/mol. The van der Waals surface area contributed by atoms with Crippen LogP contribution in [0.2, 0.25) is 0 Å². The van der Waals surface area contributed by atoms with Crippen molar-refractivity contribution in [1.29, 1.82) is 0 Å². The van der Waals surface area contributed by atoms with Crippen LogP contribution in [0.5, 0.6) is 0 Å². The summed E-state index contributed by atoms with van der Waals surface area (Å²) in [5.74, 6) is -1.47. The van der Waals surface area contributed by atoms with Crippen LogP contribution < -0.4 is 10.6 Å². The highest BCUT2D eigenvalue weighted by molar-refractivity contribution is 7.13. The van der Waals surface area contributed by atoms with Gasteiger partial charge in [0.15, 0.2) is 23.2 Å². The largest absolute Gasteiger partial charge is 0.451 e. The minimum atomic E-state index is -0.701. The van der Waals surface area contributed by atoms with Crippen molar-refractivity contribution in [2.75, 3.05) is 17.2 Å². The lowest BCUT2D eigenvalue weighted by Crippen LogP contribution is -2.22. The molecule has 0 bridgehead atoms. The fourth-order valence-electron chi connectivity index (χ4n) is 3.15. The maximum Gasteiger partial charge on any atom is 0.358 e. The number of carbonyl (C=O) groups is 3. The number of hydrogen-bond donors (Lipinski definition) is 2. The Morgan fingerprint density at radius 3 is 2.29 bits per heavy atom. The van der Waals surface area contributed by atoms with Gasteiger partial charge in [-0.3, -0.25) is 9.59 Å². The third-order valence-electron chi connectivity index (χ3n) is 4.82. The smallest absolute Gasteiger partial charge is 0.358 e. The van der Waals surface area contributed by atoms with Crippen molar-refractivity contribution >= 4 is 39.8 Å². The van der Waals surface area contributed by atoms with Crippen molar-refractivity contribution in [2.24, 2.45) is 0 Å². The minimum absolute atomic E-state index is 0.119. The SMILES string of the molecule is O=C(COC(=O)c1csc(NCc2ccccc2)n1)Nc1ccccc1C(=O)c1ccccc1. The monoisotopic (exact) mass is 471 g/mol. The van der Waals surface area contributed by atoms with E-state index in [4.69, 9.17) is 4.74 Å². The lowest BCUT2D eigenvalue weighted by atomic mass is 10.0. The summed E-state index contributed by atoms with van der Waals surface area (Å²) in [5, 5.41) is 7.95. The van der Waals surface area contributed by atoms with Gasteiger partial charge in [-0.15, -0.1) is 11.3 Å². The Morgan fingerprint density at radius 2 is 1.53 bits per heavy atom. The number of hydrogen-bond acceptors (Lipinski definition) is 7. The van der Waals surface area contributed by atoms with E-state index in [-0.39, 0.29) is 11.5 Å². The molecule has 170 valence electrons. The van der Waals surface area contributed by atoms with Gasteiger partial charge in [-0.05, 0) is 17.7 Å². The first kappa shape index (κ1) is 22.9. The minimum Gasteiger partial charge on any atom is -0.451 e. The quantitative estimate of drug-likeness (QED) is 0.269. The highest BCUT2D eigenvalue weighted by atomic mass is 32.1. The molecule has 0 aliphatic carbocycles. The molecule has 8 heteroatoms. The van der Waals surface area contributed by atoms with Crippen molar-refractivity contribution < 1.29 is 19.1 Å². The molecule has 3 aromatic carbocycles. The second-order valence-corrected chi connectivity index (χ2v) is 8.10. The number of ketones is 1. The van der Waals surface area contributed by atoms with Crippen molar-refractivity contribution in [3.8, 4) is 0 Å². The first-order chi connectivity index (χ1) is 16.6. The molecular weight excluding hydrogens is 450 g/mol. The Hall–Kier alpha value is -4.30. The molecule has 7 nitrogen and oxygen atoms in total. The second kappa shape index (κ2) is 11.0. The standard InChI is InChI=1S/C26H21N3O4S/c30-23(28-21-14-8-7-13-20(21)24(31)19-11-5-2-6-12-19)16-33-25(32)22-17-34-26(29-22)27-15-18-9-3-1-4-10-18/h1-14,17H,15-16H2,(H,27,29)(H,28,30). The molecule has 1 heterocycles. The number of ether oxygens (including phenoxy) is 1. The van der Waals surface area contributed by atoms with Crippen molar-refractivity contribution in [2.45, 2.75) is 6.54 Å². The zero-order valence-corrected chi connectivity index (χ0v) is 18.9. The Kier molecular flexibility index (Phi) is 7.42. The first-order valence-corrected chi connectivity index (χ1v) is 11.4. The number of aromatic nitrogens is 1. The highest BCUT2D eigenvalue weighted by Crippen LogP contribution is 2.20. The number of amides is 1. The molecule has 2 N–H and O–H groups in total. The van der Waals surface area contributed by atoms with E-state index in [9.17, 15) is 14.4 Å². The number of thiazole rings is 1. The number of nitrogens with one attached hydrogen (secondary N) is 2. The van der Waals surface area contributed by atoms with Gasteiger partial charge in [-0.1, -0.05) is 72.8 Å². The molecule has 0 spiro atoms. The van der Waals surface area contributed by atoms with E-state index in [0.717, 1.165) is 5.56 Å². The normalized spacial score (nSPS) is 10.4. The molecule has 0 radical (unpaired) electrons. The van der Waals surface area contributed by atoms with Crippen LogP contribution in [0.25, 0.3) is 0 Å². The van der Waals surface area contributed by atoms with Crippen molar-refractivity contribution in [3.63, 3.8) is 0 Å². The van der Waals surface area contributed by atoms with Crippen LogP contribution in [0, 0.1) is 0 Å². The predicted molar refractivity (Wildman–Crippen MR) is 131 cm³/mol. The summed E-state index contributed by atoms with van der Waals surface area (Å²) >= 11 is 1.28. The van der Waals surface area contributed by atoms with E-state index >= 15 is 0 Å². The molecule has 0 fully saturated rings. The van der Waals surface area contributed by atoms with Gasteiger partial charge in [0.05, 0.1) is 5.69 Å². The number of anilines is 2. The highest BCUT2D eigenvalue weighted by Gasteiger charge is 2.17. The zero-order valence-electron chi connectivity index (χ0n) is 18.1. The van der Waals surface area contributed by atoms with Gasteiger partial charge < -0.3 is 15.4 Å². The molecule has 0 saturated carbocycles. The molecule has 0 aliphatic heterocycles. The zero-order chi connectivity index (χ0) is 23.8. The van der Waals surface area contributed by atoms with Gasteiger partial charge in [-0.2, -0.15) is 0 Å². The molecule has 0 unspecified atom stereocenters. The van der Waals surface area contributed by atoms with Crippen LogP contribution in [0.1, 0.15) is 32.0 Å². The molecular formula is C26H21N3O4S. The number of para-hydroxylation sites is 1. The third kappa shape index (κ3) is 5.93. The van der Waals surface area contributed by atoms with E-state index < -0.39 is 18.5 Å². The van der Waals surface area contributed by atoms with Crippen LogP contribution in [-0.2, 0) is 16.1 Å². The van der Waals surface area contributed by atoms with Crippen molar-refractivity contribution in [1.82, 2.24) is 4.98 Å². The Labute approximate surface area is 200 Å². The van der Waals surface area contributed by atoms with Gasteiger partial charge in [0.1, 0.15) is 0 Å². The topological polar surface area (TPSA) is 97.4 Å². The summed E-state index contributed by atoms with van der Waals surface area (Å²) in [6, 6.07) is 25.3. The molecule has 0 aliphatic rings. The third-order valence-corrected chi connectivity index (χ3v) is 5.62. The number of benzene rings is 3. The van der Waals surface area contributed by atoms with Crippen LogP contribution in [-0.4, -0.2) is 29.3 Å². The number of carbonyl (C=O) groups excluding carboxylic acids is 3. The van der Waals surface area contributed by atoms with Crippen LogP contribution in [0.4, 0.5) is 10.8 Å². The summed E-state index contributed by atoms with van der Waals surface area (Å²) in [6.45, 7) is 0.0728. The van der Waals surface area contributed by atoms with E-state index in [1.165, 1.54) is 11.3 Å². The van der Waals surface area contributed by atoms with Crippen LogP contribution >= 0.6 is 11.3 Å². The summed E-state index contributed by atoms with van der Waals surface area (Å²) in [6.07, 6.45) is 0. The Bertz CT molecular complexity index is 1290. The van der Waals surface area contributed by atoms with E-state index in [1.54, 1.807) is 53.9 Å². The maximum atomic E-state index is 12.8. The lowest BCUT2D eigenvalue weighted by molar-refractivity contribution is -0.119. The molecule has 4 aromatic rings. The first-order valence-electron chi connectivity index (χ1n) is 10.5. The summed E-state index contributed by atoms with van der Waals surface area (Å²) in [5.41, 5.74) is 2.41. The van der Waals surface area contributed by atoms with Gasteiger partial charge >= 0.3 is 5.97 Å². The number of nitrogens with zero attached hydrogens (tertiary/aromatic N) is 1. The molecule has 4 rings (SSSR count). The molecule has 1 amide bonds. The average Bonchev–Trinajstić information content (AvgIpc) is 3.36. The van der Waals surface area contributed by atoms with Gasteiger partial charge in [0.2, 0.25) is 0 Å². The fraction of sp³-hybridized carbons (Fsp3) is 0.0769. The Morgan fingerprint density at radius 1 is 0.853 bits per heavy atom. The van der Waals surface area contributed by atoms with Crippen LogP contribution in [0.15, 0.2) is 90.3 Å². The predicted octanol–water partition coefficient (Wildman–Crippen LogP) is 4.78. The number of esters is 1. The lowest BCUT2D eigenvalue weighted by Gasteiger charge is -2.10. The second-order valence-electron chi connectivity index (χ2n) is 7.24. The van der Waals surface area contributed by atoms with E-state index in [0.29, 0.717) is 28.5 Å². The summed E-state index contributed by atoms with van der Waals surface area (Å²) in [4.78, 5) is 41.7. The van der Waals surface area contributed by atoms with Gasteiger partial charge in [0, 0.05) is 23.1 Å². The summed E-state index contributed by atoms with van der Waals surface area (Å²) in [7, 11) is 0. The Balaban J connectivity index is 1.31. The van der Waals surface area contributed by atoms with E-state index in [2.05, 4.69) is 15.6 Å². The van der Waals surface area contributed by atoms with Crippen molar-refractivity contribution in [3.05, 3.63) is 113 Å². The maximum absolute atomic E-state index is 12.8. The number of rotatable bonds is 9. The molecule has 0 saturated heterocycles. The molecule has 1 aromatic heterocycles.